The fourth-order valence-corrected chi connectivity index (χ4v) is 7.96. The van der Waals surface area contributed by atoms with Crippen LogP contribution in [0.5, 0.6) is 0 Å². The number of hydrogen-bond acceptors (Lipinski definition) is 5. The number of ether oxygens (including phenoxy) is 2. The summed E-state index contributed by atoms with van der Waals surface area (Å²) in [4.78, 5) is 27.3. The van der Waals surface area contributed by atoms with E-state index >= 15 is 0 Å². The molecule has 0 radical (unpaired) electrons. The molecule has 0 aromatic heterocycles. The van der Waals surface area contributed by atoms with Gasteiger partial charge in [-0.15, -0.1) is 0 Å². The van der Waals surface area contributed by atoms with Gasteiger partial charge in [-0.1, -0.05) is 195 Å². The van der Waals surface area contributed by atoms with Gasteiger partial charge >= 0.3 is 11.9 Å². The minimum Gasteiger partial charge on any atom is -0.466 e. The normalized spacial score (nSPS) is 12.4. The van der Waals surface area contributed by atoms with Gasteiger partial charge in [0.1, 0.15) is 0 Å². The SMILES string of the molecule is CCCCCC(CCCCC)CCOC(=O)CCCCCCCCC(CCCCCCC(=O)OCCC(CCCCC)CCCCC)CCN(C)C(C)C. The first-order valence-electron chi connectivity index (χ1n) is 24.3. The summed E-state index contributed by atoms with van der Waals surface area (Å²) in [7, 11) is 2.26. The van der Waals surface area contributed by atoms with Crippen LogP contribution in [0, 0.1) is 17.8 Å². The second kappa shape index (κ2) is 40.1. The molecule has 0 fully saturated rings. The van der Waals surface area contributed by atoms with Crippen LogP contribution in [0.3, 0.4) is 0 Å². The highest BCUT2D eigenvalue weighted by atomic mass is 16.5. The lowest BCUT2D eigenvalue weighted by Gasteiger charge is -2.24. The minimum absolute atomic E-state index is 0.0136. The molecule has 0 bridgehead atoms. The third-order valence-corrected chi connectivity index (χ3v) is 12.2. The van der Waals surface area contributed by atoms with Gasteiger partial charge in [0.2, 0.25) is 0 Å². The third kappa shape index (κ3) is 35.3. The third-order valence-electron chi connectivity index (χ3n) is 12.2. The van der Waals surface area contributed by atoms with Gasteiger partial charge in [-0.3, -0.25) is 9.59 Å². The lowest BCUT2D eigenvalue weighted by Crippen LogP contribution is -2.28. The van der Waals surface area contributed by atoms with E-state index in [0.29, 0.717) is 32.1 Å². The Bertz CT molecular complexity index is 781. The number of rotatable bonds is 42. The molecule has 5 nitrogen and oxygen atoms in total. The maximum absolute atomic E-state index is 12.4. The molecule has 0 N–H and O–H groups in total. The standard InChI is InChI=1S/C49H97NO4/c1-8-12-22-30-46(31-23-13-9-2)39-42-53-48(51)36-28-19-17-16-18-26-34-45(38-41-50(7)44(5)6)35-27-20-21-29-37-49(52)54-43-40-47(32-24-14-10-3)33-25-15-11-4/h44-47H,8-43H2,1-7H3. The molecule has 0 aromatic carbocycles. The Hall–Kier alpha value is -1.10. The van der Waals surface area contributed by atoms with Crippen LogP contribution in [0.4, 0.5) is 0 Å². The van der Waals surface area contributed by atoms with Crippen LogP contribution in [-0.4, -0.2) is 49.7 Å². The van der Waals surface area contributed by atoms with Gasteiger partial charge in [-0.05, 0) is 77.3 Å². The summed E-state index contributed by atoms with van der Waals surface area (Å²) in [6.45, 7) is 16.1. The molecule has 0 rings (SSSR count). The number of carbonyl (C=O) groups is 2. The molecule has 0 saturated heterocycles. The first-order chi connectivity index (χ1) is 26.3. The fraction of sp³-hybridized carbons (Fsp3) is 0.959. The average molecular weight is 764 g/mol. The van der Waals surface area contributed by atoms with Gasteiger partial charge in [-0.25, -0.2) is 0 Å². The van der Waals surface area contributed by atoms with Gasteiger partial charge in [0.15, 0.2) is 0 Å². The Balaban J connectivity index is 4.22. The lowest BCUT2D eigenvalue weighted by molar-refractivity contribution is -0.145. The zero-order chi connectivity index (χ0) is 39.9. The Morgan fingerprint density at radius 1 is 0.407 bits per heavy atom. The molecule has 0 spiro atoms. The zero-order valence-electron chi connectivity index (χ0n) is 37.8. The summed E-state index contributed by atoms with van der Waals surface area (Å²) in [5, 5.41) is 0. The first-order valence-corrected chi connectivity index (χ1v) is 24.3. The molecule has 54 heavy (non-hydrogen) atoms. The highest BCUT2D eigenvalue weighted by molar-refractivity contribution is 5.69. The molecule has 0 aliphatic carbocycles. The molecule has 0 heterocycles. The summed E-state index contributed by atoms with van der Waals surface area (Å²) in [6.07, 6.45) is 39.8. The first kappa shape index (κ1) is 52.9. The predicted octanol–water partition coefficient (Wildman–Crippen LogP) is 15.2. The molecule has 0 aromatic rings. The quantitative estimate of drug-likeness (QED) is 0.0458. The maximum Gasteiger partial charge on any atom is 0.305 e. The molecule has 0 aliphatic heterocycles. The van der Waals surface area contributed by atoms with Crippen molar-refractivity contribution in [2.24, 2.45) is 17.8 Å². The number of carbonyl (C=O) groups excluding carboxylic acids is 2. The Morgan fingerprint density at radius 3 is 1.04 bits per heavy atom. The number of unbranched alkanes of at least 4 members (excludes halogenated alkanes) is 16. The topological polar surface area (TPSA) is 55.8 Å². The van der Waals surface area contributed by atoms with Crippen molar-refractivity contribution in [3.8, 4) is 0 Å². The van der Waals surface area contributed by atoms with Gasteiger partial charge in [0, 0.05) is 18.9 Å². The van der Waals surface area contributed by atoms with Gasteiger partial charge in [0.25, 0.3) is 0 Å². The molecule has 1 atom stereocenters. The highest BCUT2D eigenvalue weighted by Gasteiger charge is 2.14. The smallest absolute Gasteiger partial charge is 0.305 e. The van der Waals surface area contributed by atoms with E-state index in [-0.39, 0.29) is 11.9 Å². The van der Waals surface area contributed by atoms with Crippen LogP contribution in [-0.2, 0) is 19.1 Å². The van der Waals surface area contributed by atoms with E-state index in [0.717, 1.165) is 56.3 Å². The van der Waals surface area contributed by atoms with E-state index in [1.807, 2.05) is 0 Å². The largest absolute Gasteiger partial charge is 0.466 e. The Morgan fingerprint density at radius 2 is 0.704 bits per heavy atom. The van der Waals surface area contributed by atoms with E-state index in [9.17, 15) is 9.59 Å². The fourth-order valence-electron chi connectivity index (χ4n) is 7.96. The highest BCUT2D eigenvalue weighted by Crippen LogP contribution is 2.25. The summed E-state index contributed by atoms with van der Waals surface area (Å²) in [6, 6.07) is 0.596. The zero-order valence-corrected chi connectivity index (χ0v) is 37.8. The molecule has 322 valence electrons. The number of nitrogens with zero attached hydrogens (tertiary/aromatic N) is 1. The summed E-state index contributed by atoms with van der Waals surface area (Å²) in [5.41, 5.74) is 0. The lowest BCUT2D eigenvalue weighted by atomic mass is 9.91. The van der Waals surface area contributed by atoms with Crippen molar-refractivity contribution >= 4 is 11.9 Å². The molecule has 0 saturated carbocycles. The summed E-state index contributed by atoms with van der Waals surface area (Å²) < 4.78 is 11.3. The van der Waals surface area contributed by atoms with Crippen molar-refractivity contribution in [3.05, 3.63) is 0 Å². The number of esters is 2. The molecule has 1 unspecified atom stereocenters. The minimum atomic E-state index is 0.0136. The molecular formula is C49H97NO4. The van der Waals surface area contributed by atoms with Crippen molar-refractivity contribution < 1.29 is 19.1 Å². The van der Waals surface area contributed by atoms with Crippen LogP contribution in [0.25, 0.3) is 0 Å². The molecule has 0 aliphatic rings. The van der Waals surface area contributed by atoms with Gasteiger partial charge in [0.05, 0.1) is 13.2 Å². The van der Waals surface area contributed by atoms with Crippen LogP contribution >= 0.6 is 0 Å². The van der Waals surface area contributed by atoms with Crippen LogP contribution in [0.2, 0.25) is 0 Å². The van der Waals surface area contributed by atoms with Crippen LogP contribution < -0.4 is 0 Å². The molecule has 0 amide bonds. The van der Waals surface area contributed by atoms with Gasteiger partial charge < -0.3 is 14.4 Å². The average Bonchev–Trinajstić information content (AvgIpc) is 3.15. The second-order valence-corrected chi connectivity index (χ2v) is 17.6. The van der Waals surface area contributed by atoms with Gasteiger partial charge in [-0.2, -0.15) is 0 Å². The summed E-state index contributed by atoms with van der Waals surface area (Å²) in [5.74, 6) is 2.27. The van der Waals surface area contributed by atoms with Crippen molar-refractivity contribution in [1.29, 1.82) is 0 Å². The Labute approximate surface area is 339 Å². The Kier molecular flexibility index (Phi) is 39.3. The second-order valence-electron chi connectivity index (χ2n) is 17.6. The van der Waals surface area contributed by atoms with Crippen LogP contribution in [0.1, 0.15) is 253 Å². The van der Waals surface area contributed by atoms with E-state index < -0.39 is 0 Å². The number of hydrogen-bond donors (Lipinski definition) is 0. The molecule has 5 heteroatoms. The van der Waals surface area contributed by atoms with E-state index in [1.165, 1.54) is 167 Å². The maximum atomic E-state index is 12.4. The molecular weight excluding hydrogens is 667 g/mol. The van der Waals surface area contributed by atoms with E-state index in [1.54, 1.807) is 0 Å². The van der Waals surface area contributed by atoms with Crippen molar-refractivity contribution in [2.45, 2.75) is 259 Å². The predicted molar refractivity (Wildman–Crippen MR) is 235 cm³/mol. The summed E-state index contributed by atoms with van der Waals surface area (Å²) >= 11 is 0. The van der Waals surface area contributed by atoms with Crippen molar-refractivity contribution in [2.75, 3.05) is 26.8 Å². The monoisotopic (exact) mass is 764 g/mol. The van der Waals surface area contributed by atoms with Crippen molar-refractivity contribution in [3.63, 3.8) is 0 Å². The van der Waals surface area contributed by atoms with Crippen molar-refractivity contribution in [1.82, 2.24) is 4.90 Å². The van der Waals surface area contributed by atoms with E-state index in [4.69, 9.17) is 9.47 Å². The van der Waals surface area contributed by atoms with Crippen LogP contribution in [0.15, 0.2) is 0 Å². The van der Waals surface area contributed by atoms with E-state index in [2.05, 4.69) is 53.5 Å².